The molecule has 0 fully saturated rings. The SMILES string of the molecule is CC(C)C(NC(=O)C(N)CCC(=O)O)C(=O)NCC(=O)NC(C(=O)O)C(C)O. The number of aliphatic hydroxyl groups is 1. The molecule has 0 bridgehead atoms. The summed E-state index contributed by atoms with van der Waals surface area (Å²) < 4.78 is 0. The average molecular weight is 404 g/mol. The Morgan fingerprint density at radius 3 is 1.93 bits per heavy atom. The molecule has 0 aromatic carbocycles. The number of amides is 3. The Labute approximate surface area is 161 Å². The summed E-state index contributed by atoms with van der Waals surface area (Å²) in [4.78, 5) is 57.5. The van der Waals surface area contributed by atoms with Crippen LogP contribution in [0.25, 0.3) is 0 Å². The molecule has 0 radical (unpaired) electrons. The summed E-state index contributed by atoms with van der Waals surface area (Å²) in [6, 6.07) is -3.68. The fourth-order valence-corrected chi connectivity index (χ4v) is 2.10. The van der Waals surface area contributed by atoms with Gasteiger partial charge in [0.15, 0.2) is 6.04 Å². The number of carboxylic acid groups (broad SMARTS) is 2. The summed E-state index contributed by atoms with van der Waals surface area (Å²) in [6.07, 6.45) is -1.75. The average Bonchev–Trinajstić information content (AvgIpc) is 2.58. The standard InChI is InChI=1S/C16H28N4O8/c1-7(2)12(20-14(25)9(17)4-5-11(23)24)15(26)18-6-10(22)19-13(8(3)21)16(27)28/h7-9,12-13,21H,4-6,17H2,1-3H3,(H,18,26)(H,19,22)(H,20,25)(H,23,24)(H,27,28). The number of carboxylic acids is 2. The molecule has 0 aliphatic rings. The molecule has 0 aromatic heterocycles. The third-order valence-electron chi connectivity index (χ3n) is 3.74. The molecule has 12 heteroatoms. The predicted molar refractivity (Wildman–Crippen MR) is 95.9 cm³/mol. The Morgan fingerprint density at radius 1 is 0.929 bits per heavy atom. The van der Waals surface area contributed by atoms with E-state index < -0.39 is 60.4 Å². The zero-order valence-electron chi connectivity index (χ0n) is 16.0. The van der Waals surface area contributed by atoms with Crippen LogP contribution in [0.1, 0.15) is 33.6 Å². The molecule has 160 valence electrons. The molecule has 0 heterocycles. The highest BCUT2D eigenvalue weighted by Crippen LogP contribution is 2.04. The van der Waals surface area contributed by atoms with Crippen LogP contribution in [0.5, 0.6) is 0 Å². The molecule has 12 nitrogen and oxygen atoms in total. The first-order valence-electron chi connectivity index (χ1n) is 8.62. The van der Waals surface area contributed by atoms with Gasteiger partial charge in [0.1, 0.15) is 6.04 Å². The Hall–Kier alpha value is -2.73. The normalized spacial score (nSPS) is 15.1. The number of hydrogen-bond donors (Lipinski definition) is 7. The Morgan fingerprint density at radius 2 is 1.50 bits per heavy atom. The topological polar surface area (TPSA) is 208 Å². The summed E-state index contributed by atoms with van der Waals surface area (Å²) in [6.45, 7) is 3.90. The number of rotatable bonds is 12. The van der Waals surface area contributed by atoms with E-state index in [1.165, 1.54) is 6.92 Å². The maximum atomic E-state index is 12.3. The molecule has 8 N–H and O–H groups in total. The summed E-state index contributed by atoms with van der Waals surface area (Å²) >= 11 is 0. The van der Waals surface area contributed by atoms with Crippen molar-refractivity contribution in [2.45, 2.75) is 57.8 Å². The number of carbonyl (C=O) groups excluding carboxylic acids is 3. The Balaban J connectivity index is 4.74. The van der Waals surface area contributed by atoms with E-state index in [-0.39, 0.29) is 18.8 Å². The minimum atomic E-state index is -1.53. The fourth-order valence-electron chi connectivity index (χ4n) is 2.10. The van der Waals surface area contributed by atoms with Gasteiger partial charge in [0, 0.05) is 6.42 Å². The third kappa shape index (κ3) is 9.28. The minimum absolute atomic E-state index is 0.105. The zero-order chi connectivity index (χ0) is 22.0. The number of carbonyl (C=O) groups is 5. The van der Waals surface area contributed by atoms with Crippen molar-refractivity contribution in [2.24, 2.45) is 11.7 Å². The predicted octanol–water partition coefficient (Wildman–Crippen LogP) is -2.61. The molecule has 0 aliphatic heterocycles. The molecule has 0 spiro atoms. The summed E-state index contributed by atoms with van der Waals surface area (Å²) in [7, 11) is 0. The summed E-state index contributed by atoms with van der Waals surface area (Å²) in [5, 5.41) is 33.6. The van der Waals surface area contributed by atoms with Crippen LogP contribution in [0.2, 0.25) is 0 Å². The second kappa shape index (κ2) is 11.9. The summed E-state index contributed by atoms with van der Waals surface area (Å²) in [5.74, 6) is -5.16. The van der Waals surface area contributed by atoms with Crippen LogP contribution in [0, 0.1) is 5.92 Å². The fraction of sp³-hybridized carbons (Fsp3) is 0.688. The Kier molecular flexibility index (Phi) is 10.7. The van der Waals surface area contributed by atoms with E-state index in [9.17, 15) is 29.1 Å². The smallest absolute Gasteiger partial charge is 0.328 e. The molecule has 0 saturated carbocycles. The van der Waals surface area contributed by atoms with Gasteiger partial charge in [0.2, 0.25) is 17.7 Å². The highest BCUT2D eigenvalue weighted by atomic mass is 16.4. The van der Waals surface area contributed by atoms with Crippen molar-refractivity contribution in [3.8, 4) is 0 Å². The van der Waals surface area contributed by atoms with E-state index in [1.807, 2.05) is 0 Å². The van der Waals surface area contributed by atoms with Crippen molar-refractivity contribution >= 4 is 29.7 Å². The number of aliphatic carboxylic acids is 2. The van der Waals surface area contributed by atoms with E-state index in [0.29, 0.717) is 0 Å². The van der Waals surface area contributed by atoms with Gasteiger partial charge in [0.25, 0.3) is 0 Å². The van der Waals surface area contributed by atoms with Crippen molar-refractivity contribution in [3.05, 3.63) is 0 Å². The first-order valence-corrected chi connectivity index (χ1v) is 8.62. The molecule has 0 rings (SSSR count). The van der Waals surface area contributed by atoms with E-state index in [4.69, 9.17) is 15.9 Å². The first-order chi connectivity index (χ1) is 12.9. The number of aliphatic hydroxyl groups excluding tert-OH is 1. The maximum Gasteiger partial charge on any atom is 0.328 e. The van der Waals surface area contributed by atoms with Crippen LogP contribution in [0.15, 0.2) is 0 Å². The molecular weight excluding hydrogens is 376 g/mol. The van der Waals surface area contributed by atoms with Gasteiger partial charge in [0.05, 0.1) is 18.7 Å². The van der Waals surface area contributed by atoms with Crippen LogP contribution >= 0.6 is 0 Å². The molecule has 4 atom stereocenters. The van der Waals surface area contributed by atoms with Crippen LogP contribution in [-0.4, -0.2) is 75.8 Å². The van der Waals surface area contributed by atoms with Gasteiger partial charge in [-0.15, -0.1) is 0 Å². The van der Waals surface area contributed by atoms with Crippen LogP contribution in [-0.2, 0) is 24.0 Å². The zero-order valence-corrected chi connectivity index (χ0v) is 16.0. The van der Waals surface area contributed by atoms with Gasteiger partial charge in [-0.3, -0.25) is 19.2 Å². The minimum Gasteiger partial charge on any atom is -0.481 e. The van der Waals surface area contributed by atoms with Gasteiger partial charge >= 0.3 is 11.9 Å². The van der Waals surface area contributed by atoms with Gasteiger partial charge in [-0.2, -0.15) is 0 Å². The van der Waals surface area contributed by atoms with Crippen LogP contribution in [0.3, 0.4) is 0 Å². The lowest BCUT2D eigenvalue weighted by atomic mass is 10.0. The van der Waals surface area contributed by atoms with E-state index in [0.717, 1.165) is 0 Å². The van der Waals surface area contributed by atoms with Gasteiger partial charge in [-0.1, -0.05) is 13.8 Å². The largest absolute Gasteiger partial charge is 0.481 e. The van der Waals surface area contributed by atoms with Gasteiger partial charge < -0.3 is 37.0 Å². The molecule has 0 aromatic rings. The number of nitrogens with two attached hydrogens (primary N) is 1. The number of hydrogen-bond acceptors (Lipinski definition) is 7. The van der Waals surface area contributed by atoms with E-state index in [1.54, 1.807) is 13.8 Å². The molecule has 0 aliphatic carbocycles. The van der Waals surface area contributed by atoms with Gasteiger partial charge in [-0.25, -0.2) is 4.79 Å². The third-order valence-corrected chi connectivity index (χ3v) is 3.74. The highest BCUT2D eigenvalue weighted by Gasteiger charge is 2.28. The second-order valence-corrected chi connectivity index (χ2v) is 6.61. The van der Waals surface area contributed by atoms with Crippen molar-refractivity contribution in [1.29, 1.82) is 0 Å². The highest BCUT2D eigenvalue weighted by molar-refractivity contribution is 5.92. The molecule has 4 unspecified atom stereocenters. The van der Waals surface area contributed by atoms with E-state index in [2.05, 4.69) is 16.0 Å². The maximum absolute atomic E-state index is 12.3. The van der Waals surface area contributed by atoms with Crippen molar-refractivity contribution in [1.82, 2.24) is 16.0 Å². The van der Waals surface area contributed by atoms with Gasteiger partial charge in [-0.05, 0) is 19.3 Å². The van der Waals surface area contributed by atoms with Crippen LogP contribution in [0.4, 0.5) is 0 Å². The Bertz CT molecular complexity index is 593. The molecular formula is C16H28N4O8. The monoisotopic (exact) mass is 404 g/mol. The summed E-state index contributed by atoms with van der Waals surface area (Å²) in [5.41, 5.74) is 5.60. The molecule has 0 saturated heterocycles. The number of nitrogens with one attached hydrogen (secondary N) is 3. The lowest BCUT2D eigenvalue weighted by molar-refractivity contribution is -0.144. The van der Waals surface area contributed by atoms with Crippen molar-refractivity contribution in [2.75, 3.05) is 6.54 Å². The van der Waals surface area contributed by atoms with Crippen LogP contribution < -0.4 is 21.7 Å². The van der Waals surface area contributed by atoms with E-state index >= 15 is 0 Å². The molecule has 3 amide bonds. The van der Waals surface area contributed by atoms with Crippen molar-refractivity contribution in [3.63, 3.8) is 0 Å². The second-order valence-electron chi connectivity index (χ2n) is 6.61. The quantitative estimate of drug-likeness (QED) is 0.181. The first kappa shape index (κ1) is 25.3. The lowest BCUT2D eigenvalue weighted by Gasteiger charge is -2.23. The van der Waals surface area contributed by atoms with Crippen molar-refractivity contribution < 1.29 is 39.3 Å². The lowest BCUT2D eigenvalue weighted by Crippen LogP contribution is -2.56. The molecule has 28 heavy (non-hydrogen) atoms.